The van der Waals surface area contributed by atoms with Crippen molar-refractivity contribution < 1.29 is 18.7 Å². The van der Waals surface area contributed by atoms with Gasteiger partial charge in [0.1, 0.15) is 11.6 Å². The number of ether oxygens (including phenoxy) is 2. The number of benzene rings is 2. The van der Waals surface area contributed by atoms with Crippen LogP contribution >= 0.6 is 0 Å². The maximum absolute atomic E-state index is 13.3. The molecule has 28 heavy (non-hydrogen) atoms. The van der Waals surface area contributed by atoms with Crippen molar-refractivity contribution in [2.24, 2.45) is 5.92 Å². The van der Waals surface area contributed by atoms with Crippen LogP contribution in [0.5, 0.6) is 5.75 Å². The van der Waals surface area contributed by atoms with Gasteiger partial charge in [0.25, 0.3) is 0 Å². The molecule has 0 N–H and O–H groups in total. The van der Waals surface area contributed by atoms with Crippen molar-refractivity contribution in [3.63, 3.8) is 0 Å². The predicted octanol–water partition coefficient (Wildman–Crippen LogP) is 4.15. The Hall–Kier alpha value is -2.40. The number of hydrogen-bond acceptors (Lipinski definition) is 3. The summed E-state index contributed by atoms with van der Waals surface area (Å²) in [4.78, 5) is 15.2. The van der Waals surface area contributed by atoms with Crippen LogP contribution in [0.25, 0.3) is 0 Å². The number of halogens is 1. The van der Waals surface area contributed by atoms with Crippen LogP contribution in [0.15, 0.2) is 48.5 Å². The largest absolute Gasteiger partial charge is 0.497 e. The lowest BCUT2D eigenvalue weighted by Crippen LogP contribution is -2.38. The standard InChI is InChI=1S/C23H26FNO3/c1-27-19-5-2-4-16(12-19)14-25(15-20-6-3-11-28-20)23(26)22-13-21(22)17-7-9-18(24)10-8-17/h2,4-5,7-10,12,20-22H,3,6,11,13-15H2,1H3. The molecular formula is C23H26FNO3. The Balaban J connectivity index is 1.47. The summed E-state index contributed by atoms with van der Waals surface area (Å²) in [5.74, 6) is 0.860. The third-order valence-electron chi connectivity index (χ3n) is 5.67. The fourth-order valence-corrected chi connectivity index (χ4v) is 4.04. The third kappa shape index (κ3) is 4.36. The molecule has 3 unspecified atom stereocenters. The molecule has 1 aliphatic heterocycles. The van der Waals surface area contributed by atoms with Crippen molar-refractivity contribution in [2.45, 2.75) is 37.8 Å². The second-order valence-electron chi connectivity index (χ2n) is 7.71. The molecule has 2 aromatic carbocycles. The minimum absolute atomic E-state index is 0.0301. The fraction of sp³-hybridized carbons (Fsp3) is 0.435. The lowest BCUT2D eigenvalue weighted by molar-refractivity contribution is -0.135. The number of carbonyl (C=O) groups is 1. The van der Waals surface area contributed by atoms with E-state index in [4.69, 9.17) is 9.47 Å². The first kappa shape index (κ1) is 18.9. The molecule has 3 atom stereocenters. The smallest absolute Gasteiger partial charge is 0.226 e. The maximum atomic E-state index is 13.3. The Morgan fingerprint density at radius 3 is 2.79 bits per heavy atom. The first-order chi connectivity index (χ1) is 13.6. The molecule has 2 fully saturated rings. The summed E-state index contributed by atoms with van der Waals surface area (Å²) in [7, 11) is 1.64. The van der Waals surface area contributed by atoms with E-state index in [1.165, 1.54) is 12.1 Å². The molecule has 5 heteroatoms. The van der Waals surface area contributed by atoms with E-state index in [1.54, 1.807) is 19.2 Å². The summed E-state index contributed by atoms with van der Waals surface area (Å²) in [5.41, 5.74) is 2.09. The average molecular weight is 383 g/mol. The van der Waals surface area contributed by atoms with Crippen LogP contribution in [-0.2, 0) is 16.1 Å². The SMILES string of the molecule is COc1cccc(CN(CC2CCCO2)C(=O)C2CC2c2ccc(F)cc2)c1. The highest BCUT2D eigenvalue weighted by atomic mass is 19.1. The van der Waals surface area contributed by atoms with Gasteiger partial charge in [-0.1, -0.05) is 24.3 Å². The van der Waals surface area contributed by atoms with E-state index in [9.17, 15) is 9.18 Å². The molecule has 1 heterocycles. The first-order valence-electron chi connectivity index (χ1n) is 9.93. The number of rotatable bonds is 7. The average Bonchev–Trinajstić information content (AvgIpc) is 3.35. The van der Waals surface area contributed by atoms with Crippen molar-refractivity contribution in [1.29, 1.82) is 0 Å². The van der Waals surface area contributed by atoms with Gasteiger partial charge in [-0.05, 0) is 60.6 Å². The van der Waals surface area contributed by atoms with Gasteiger partial charge in [-0.25, -0.2) is 4.39 Å². The van der Waals surface area contributed by atoms with Gasteiger partial charge in [0, 0.05) is 25.6 Å². The lowest BCUT2D eigenvalue weighted by Gasteiger charge is -2.26. The van der Waals surface area contributed by atoms with E-state index in [2.05, 4.69) is 0 Å². The molecule has 1 saturated carbocycles. The van der Waals surface area contributed by atoms with Gasteiger partial charge < -0.3 is 14.4 Å². The van der Waals surface area contributed by atoms with Gasteiger partial charge in [-0.2, -0.15) is 0 Å². The van der Waals surface area contributed by atoms with E-state index < -0.39 is 0 Å². The van der Waals surface area contributed by atoms with Crippen molar-refractivity contribution in [3.8, 4) is 5.75 Å². The summed E-state index contributed by atoms with van der Waals surface area (Å²) in [6.07, 6.45) is 2.98. The summed E-state index contributed by atoms with van der Waals surface area (Å²) >= 11 is 0. The fourth-order valence-electron chi connectivity index (χ4n) is 4.04. The van der Waals surface area contributed by atoms with E-state index in [-0.39, 0.29) is 29.7 Å². The van der Waals surface area contributed by atoms with Crippen LogP contribution in [-0.4, -0.2) is 37.2 Å². The highest BCUT2D eigenvalue weighted by molar-refractivity contribution is 5.83. The molecule has 148 valence electrons. The Morgan fingerprint density at radius 1 is 1.25 bits per heavy atom. The maximum Gasteiger partial charge on any atom is 0.226 e. The molecule has 2 aliphatic rings. The van der Waals surface area contributed by atoms with Gasteiger partial charge in [0.05, 0.1) is 13.2 Å². The third-order valence-corrected chi connectivity index (χ3v) is 5.67. The Morgan fingerprint density at radius 2 is 2.07 bits per heavy atom. The molecule has 1 aliphatic carbocycles. The van der Waals surface area contributed by atoms with Crippen LogP contribution in [0.2, 0.25) is 0 Å². The monoisotopic (exact) mass is 383 g/mol. The molecule has 4 nitrogen and oxygen atoms in total. The zero-order valence-corrected chi connectivity index (χ0v) is 16.1. The van der Waals surface area contributed by atoms with Crippen LogP contribution in [0, 0.1) is 11.7 Å². The van der Waals surface area contributed by atoms with Gasteiger partial charge in [-0.3, -0.25) is 4.79 Å². The first-order valence-corrected chi connectivity index (χ1v) is 9.93. The number of amides is 1. The number of hydrogen-bond donors (Lipinski definition) is 0. The van der Waals surface area contributed by atoms with Gasteiger partial charge in [0.15, 0.2) is 0 Å². The molecule has 0 aromatic heterocycles. The van der Waals surface area contributed by atoms with Gasteiger partial charge in [-0.15, -0.1) is 0 Å². The van der Waals surface area contributed by atoms with Crippen LogP contribution in [0.1, 0.15) is 36.3 Å². The Labute approximate surface area is 165 Å². The van der Waals surface area contributed by atoms with E-state index in [0.717, 1.165) is 42.7 Å². The lowest BCUT2D eigenvalue weighted by atomic mass is 10.1. The zero-order chi connectivity index (χ0) is 19.5. The summed E-state index contributed by atoms with van der Waals surface area (Å²) in [5, 5.41) is 0. The molecule has 4 rings (SSSR count). The second-order valence-corrected chi connectivity index (χ2v) is 7.71. The molecule has 0 bridgehead atoms. The van der Waals surface area contributed by atoms with E-state index >= 15 is 0 Å². The summed E-state index contributed by atoms with van der Waals surface area (Å²) < 4.78 is 24.3. The minimum Gasteiger partial charge on any atom is -0.497 e. The predicted molar refractivity (Wildman–Crippen MR) is 105 cm³/mol. The van der Waals surface area contributed by atoms with Crippen molar-refractivity contribution >= 4 is 5.91 Å². The number of methoxy groups -OCH3 is 1. The summed E-state index contributed by atoms with van der Waals surface area (Å²) in [6, 6.07) is 14.4. The number of carbonyl (C=O) groups excluding carboxylic acids is 1. The topological polar surface area (TPSA) is 38.8 Å². The van der Waals surface area contributed by atoms with Crippen LogP contribution < -0.4 is 4.74 Å². The highest BCUT2D eigenvalue weighted by Gasteiger charge is 2.46. The molecule has 0 spiro atoms. The Bertz CT molecular complexity index is 817. The Kier molecular flexibility index (Phi) is 5.62. The quantitative estimate of drug-likeness (QED) is 0.721. The van der Waals surface area contributed by atoms with E-state index in [1.807, 2.05) is 29.2 Å². The molecule has 2 aromatic rings. The molecule has 1 amide bonds. The second kappa shape index (κ2) is 8.31. The van der Waals surface area contributed by atoms with Crippen LogP contribution in [0.4, 0.5) is 4.39 Å². The summed E-state index contributed by atoms with van der Waals surface area (Å²) in [6.45, 7) is 1.93. The van der Waals surface area contributed by atoms with E-state index in [0.29, 0.717) is 13.1 Å². The normalized spacial score (nSPS) is 23.4. The number of nitrogens with zero attached hydrogens (tertiary/aromatic N) is 1. The van der Waals surface area contributed by atoms with Crippen molar-refractivity contribution in [1.82, 2.24) is 4.90 Å². The minimum atomic E-state index is -0.245. The van der Waals surface area contributed by atoms with Gasteiger partial charge in [0.2, 0.25) is 5.91 Å². The molecule has 0 radical (unpaired) electrons. The van der Waals surface area contributed by atoms with Crippen LogP contribution in [0.3, 0.4) is 0 Å². The highest BCUT2D eigenvalue weighted by Crippen LogP contribution is 2.48. The zero-order valence-electron chi connectivity index (χ0n) is 16.1. The molecular weight excluding hydrogens is 357 g/mol. The van der Waals surface area contributed by atoms with Crippen molar-refractivity contribution in [3.05, 3.63) is 65.5 Å². The van der Waals surface area contributed by atoms with Gasteiger partial charge >= 0.3 is 0 Å². The van der Waals surface area contributed by atoms with Crippen molar-refractivity contribution in [2.75, 3.05) is 20.3 Å². The molecule has 1 saturated heterocycles.